The lowest BCUT2D eigenvalue weighted by Gasteiger charge is -2.24. The minimum absolute atomic E-state index is 0.276. The number of thiocarbonyl (C=S) groups is 1. The molecule has 0 bridgehead atoms. The monoisotopic (exact) mass is 368 g/mol. The molecule has 0 fully saturated rings. The molecule has 110 valence electrons. The van der Waals surface area contributed by atoms with E-state index in [4.69, 9.17) is 18.0 Å². The summed E-state index contributed by atoms with van der Waals surface area (Å²) in [6.07, 6.45) is 5.49. The summed E-state index contributed by atoms with van der Waals surface area (Å²) in [7, 11) is 0. The summed E-state index contributed by atoms with van der Waals surface area (Å²) in [5.41, 5.74) is 6.51. The Morgan fingerprint density at radius 3 is 2.86 bits per heavy atom. The normalized spacial score (nSPS) is 10.4. The summed E-state index contributed by atoms with van der Waals surface area (Å²) in [6, 6.07) is 5.16. The summed E-state index contributed by atoms with van der Waals surface area (Å²) in [5, 5.41) is 0. The maximum absolute atomic E-state index is 14.1. The van der Waals surface area contributed by atoms with Crippen LogP contribution in [0.2, 0.25) is 0 Å². The van der Waals surface area contributed by atoms with Crippen LogP contribution < -0.4 is 10.6 Å². The quantitative estimate of drug-likeness (QED) is 0.794. The first-order valence-electron chi connectivity index (χ1n) is 6.29. The molecule has 0 radical (unpaired) electrons. The first kappa shape index (κ1) is 15.8. The summed E-state index contributed by atoms with van der Waals surface area (Å²) >= 11 is 8.10. The number of rotatable bonds is 6. The predicted octanol–water partition coefficient (Wildman–Crippen LogP) is 3.06. The standard InChI is InChI=1S/C14H14BrFN4S/c15-11-6-12(16)14(19-8-11)20(5-3-13(17)21)9-10-2-1-4-18-7-10/h1-2,4,6-8H,3,5,9H2,(H2,17,21). The van der Waals surface area contributed by atoms with Crippen LogP contribution in [0.5, 0.6) is 0 Å². The van der Waals surface area contributed by atoms with Crippen LogP contribution in [0.25, 0.3) is 0 Å². The Bertz CT molecular complexity index is 624. The lowest BCUT2D eigenvalue weighted by atomic mass is 10.2. The first-order chi connectivity index (χ1) is 10.1. The van der Waals surface area contributed by atoms with Gasteiger partial charge in [0.25, 0.3) is 0 Å². The van der Waals surface area contributed by atoms with E-state index in [-0.39, 0.29) is 5.82 Å². The minimum atomic E-state index is -0.392. The molecule has 2 aromatic rings. The van der Waals surface area contributed by atoms with E-state index in [0.717, 1.165) is 5.56 Å². The Morgan fingerprint density at radius 1 is 1.43 bits per heavy atom. The van der Waals surface area contributed by atoms with E-state index in [9.17, 15) is 4.39 Å². The fraction of sp³-hybridized carbons (Fsp3) is 0.214. The molecule has 0 amide bonds. The van der Waals surface area contributed by atoms with Gasteiger partial charge in [0.05, 0.1) is 4.99 Å². The topological polar surface area (TPSA) is 55.0 Å². The highest BCUT2D eigenvalue weighted by Gasteiger charge is 2.14. The third kappa shape index (κ3) is 4.71. The van der Waals surface area contributed by atoms with E-state index in [1.807, 2.05) is 12.1 Å². The Kier molecular flexibility index (Phi) is 5.58. The van der Waals surface area contributed by atoms with Crippen LogP contribution in [0.4, 0.5) is 10.2 Å². The zero-order valence-corrected chi connectivity index (χ0v) is 13.6. The molecule has 4 nitrogen and oxygen atoms in total. The zero-order valence-electron chi connectivity index (χ0n) is 11.2. The van der Waals surface area contributed by atoms with Gasteiger partial charge in [0.1, 0.15) is 0 Å². The zero-order chi connectivity index (χ0) is 15.2. The summed E-state index contributed by atoms with van der Waals surface area (Å²) in [5.74, 6) is -0.116. The number of hydrogen-bond donors (Lipinski definition) is 1. The van der Waals surface area contributed by atoms with Gasteiger partial charge >= 0.3 is 0 Å². The molecule has 0 atom stereocenters. The van der Waals surface area contributed by atoms with Crippen molar-refractivity contribution in [3.8, 4) is 0 Å². The molecule has 0 aliphatic heterocycles. The van der Waals surface area contributed by atoms with E-state index in [1.165, 1.54) is 6.07 Å². The Hall–Kier alpha value is -1.60. The fourth-order valence-corrected chi connectivity index (χ4v) is 2.25. The highest BCUT2D eigenvalue weighted by molar-refractivity contribution is 9.10. The smallest absolute Gasteiger partial charge is 0.166 e. The Balaban J connectivity index is 2.24. The maximum atomic E-state index is 14.1. The molecule has 0 aromatic carbocycles. The molecule has 21 heavy (non-hydrogen) atoms. The van der Waals surface area contributed by atoms with Gasteiger partial charge in [-0.3, -0.25) is 4.98 Å². The number of halogens is 2. The Morgan fingerprint density at radius 2 is 2.24 bits per heavy atom. The second-order valence-electron chi connectivity index (χ2n) is 4.46. The summed E-state index contributed by atoms with van der Waals surface area (Å²) in [4.78, 5) is 10.4. The van der Waals surface area contributed by atoms with E-state index < -0.39 is 5.82 Å². The lowest BCUT2D eigenvalue weighted by molar-refractivity contribution is 0.607. The highest BCUT2D eigenvalue weighted by atomic mass is 79.9. The average Bonchev–Trinajstić information content (AvgIpc) is 2.45. The van der Waals surface area contributed by atoms with Crippen molar-refractivity contribution in [1.29, 1.82) is 0 Å². The maximum Gasteiger partial charge on any atom is 0.166 e. The molecule has 2 rings (SSSR count). The number of nitrogens with two attached hydrogens (primary N) is 1. The van der Waals surface area contributed by atoms with Crippen LogP contribution in [0, 0.1) is 5.82 Å². The van der Waals surface area contributed by atoms with Crippen molar-refractivity contribution in [3.05, 3.63) is 52.6 Å². The van der Waals surface area contributed by atoms with Crippen molar-refractivity contribution in [2.75, 3.05) is 11.4 Å². The van der Waals surface area contributed by atoms with Crippen molar-refractivity contribution >= 4 is 39.0 Å². The lowest BCUT2D eigenvalue weighted by Crippen LogP contribution is -2.28. The molecule has 0 spiro atoms. The number of hydrogen-bond acceptors (Lipinski definition) is 4. The molecule has 2 aromatic heterocycles. The molecule has 0 saturated heterocycles. The molecule has 0 aliphatic rings. The molecular weight excluding hydrogens is 355 g/mol. The average molecular weight is 369 g/mol. The predicted molar refractivity (Wildman–Crippen MR) is 88.6 cm³/mol. The molecule has 7 heteroatoms. The highest BCUT2D eigenvalue weighted by Crippen LogP contribution is 2.21. The van der Waals surface area contributed by atoms with Crippen LogP contribution in [-0.4, -0.2) is 21.5 Å². The van der Waals surface area contributed by atoms with Gasteiger partial charge in [-0.05, 0) is 33.6 Å². The van der Waals surface area contributed by atoms with Crippen LogP contribution in [0.3, 0.4) is 0 Å². The first-order valence-corrected chi connectivity index (χ1v) is 7.49. The van der Waals surface area contributed by atoms with Gasteiger partial charge in [-0.15, -0.1) is 0 Å². The van der Waals surface area contributed by atoms with Gasteiger partial charge in [-0.1, -0.05) is 18.3 Å². The van der Waals surface area contributed by atoms with Crippen molar-refractivity contribution in [3.63, 3.8) is 0 Å². The van der Waals surface area contributed by atoms with E-state index in [1.54, 1.807) is 23.5 Å². The second kappa shape index (κ2) is 7.42. The van der Waals surface area contributed by atoms with Crippen molar-refractivity contribution in [2.24, 2.45) is 5.73 Å². The fourth-order valence-electron chi connectivity index (χ4n) is 1.86. The minimum Gasteiger partial charge on any atom is -0.393 e. The number of aromatic nitrogens is 2. The van der Waals surface area contributed by atoms with Gasteiger partial charge < -0.3 is 10.6 Å². The third-order valence-electron chi connectivity index (χ3n) is 2.81. The third-order valence-corrected chi connectivity index (χ3v) is 3.45. The van der Waals surface area contributed by atoms with Gasteiger partial charge in [0, 0.05) is 42.6 Å². The molecule has 0 saturated carbocycles. The van der Waals surface area contributed by atoms with Crippen LogP contribution in [-0.2, 0) is 6.54 Å². The van der Waals surface area contributed by atoms with E-state index in [2.05, 4.69) is 25.9 Å². The van der Waals surface area contributed by atoms with Crippen LogP contribution in [0.15, 0.2) is 41.3 Å². The van der Waals surface area contributed by atoms with Crippen LogP contribution >= 0.6 is 28.1 Å². The molecule has 2 N–H and O–H groups in total. The van der Waals surface area contributed by atoms with Gasteiger partial charge in [-0.25, -0.2) is 9.37 Å². The summed E-state index contributed by atoms with van der Waals surface area (Å²) in [6.45, 7) is 0.984. The van der Waals surface area contributed by atoms with Crippen LogP contribution in [0.1, 0.15) is 12.0 Å². The van der Waals surface area contributed by atoms with Gasteiger partial charge in [0.2, 0.25) is 0 Å². The number of anilines is 1. The van der Waals surface area contributed by atoms with Crippen molar-refractivity contribution in [1.82, 2.24) is 9.97 Å². The van der Waals surface area contributed by atoms with Crippen molar-refractivity contribution < 1.29 is 4.39 Å². The second-order valence-corrected chi connectivity index (χ2v) is 5.90. The van der Waals surface area contributed by atoms with Crippen molar-refractivity contribution in [2.45, 2.75) is 13.0 Å². The largest absolute Gasteiger partial charge is 0.393 e. The number of pyridine rings is 2. The molecule has 0 aliphatic carbocycles. The summed E-state index contributed by atoms with van der Waals surface area (Å²) < 4.78 is 14.7. The van der Waals surface area contributed by atoms with E-state index >= 15 is 0 Å². The SMILES string of the molecule is NC(=S)CCN(Cc1cccnc1)c1ncc(Br)cc1F. The van der Waals surface area contributed by atoms with E-state index in [0.29, 0.717) is 29.0 Å². The molecule has 2 heterocycles. The molecular formula is C14H14BrFN4S. The van der Waals surface area contributed by atoms with Gasteiger partial charge in [0.15, 0.2) is 11.6 Å². The van der Waals surface area contributed by atoms with Gasteiger partial charge in [-0.2, -0.15) is 0 Å². The molecule has 0 unspecified atom stereocenters. The Labute approximate surface area is 136 Å². The number of nitrogens with zero attached hydrogens (tertiary/aromatic N) is 3.